The van der Waals surface area contributed by atoms with Gasteiger partial charge in [0.2, 0.25) is 11.7 Å². The Labute approximate surface area is 169 Å². The third-order valence-electron chi connectivity index (χ3n) is 5.16. The minimum absolute atomic E-state index is 0.00952. The SMILES string of the molecule is CN(C)C(=O)COc1ccc(-c2noc(CCc3n[nH]c4c3CCCC4)n2)cc1. The monoisotopic (exact) mass is 395 g/mol. The van der Waals surface area contributed by atoms with Crippen molar-refractivity contribution in [3.05, 3.63) is 47.1 Å². The van der Waals surface area contributed by atoms with Gasteiger partial charge in [-0.25, -0.2) is 0 Å². The number of benzene rings is 1. The second-order valence-electron chi connectivity index (χ2n) is 7.45. The van der Waals surface area contributed by atoms with Crippen molar-refractivity contribution in [2.45, 2.75) is 38.5 Å². The van der Waals surface area contributed by atoms with Crippen molar-refractivity contribution in [3.63, 3.8) is 0 Å². The summed E-state index contributed by atoms with van der Waals surface area (Å²) in [6, 6.07) is 7.30. The summed E-state index contributed by atoms with van der Waals surface area (Å²) in [7, 11) is 3.40. The highest BCUT2D eigenvalue weighted by molar-refractivity contribution is 5.77. The van der Waals surface area contributed by atoms with Crippen LogP contribution >= 0.6 is 0 Å². The molecule has 0 atom stereocenters. The van der Waals surface area contributed by atoms with Crippen molar-refractivity contribution in [2.24, 2.45) is 0 Å². The molecule has 1 aliphatic carbocycles. The fraction of sp³-hybridized carbons (Fsp3) is 0.429. The van der Waals surface area contributed by atoms with Crippen molar-refractivity contribution in [3.8, 4) is 17.1 Å². The van der Waals surface area contributed by atoms with Crippen molar-refractivity contribution in [2.75, 3.05) is 20.7 Å². The summed E-state index contributed by atoms with van der Waals surface area (Å²) in [6.07, 6.45) is 6.11. The number of nitrogens with zero attached hydrogens (tertiary/aromatic N) is 4. The standard InChI is InChI=1S/C21H25N5O3/c1-26(2)20(27)13-28-15-9-7-14(8-10-15)21-22-19(29-25-21)12-11-18-16-5-3-4-6-17(16)23-24-18/h7-10H,3-6,11-13H2,1-2H3,(H,23,24). The van der Waals surface area contributed by atoms with E-state index >= 15 is 0 Å². The molecule has 2 aromatic heterocycles. The maximum atomic E-state index is 11.6. The van der Waals surface area contributed by atoms with E-state index in [9.17, 15) is 4.79 Å². The molecular weight excluding hydrogens is 370 g/mol. The first kappa shape index (κ1) is 19.2. The fourth-order valence-corrected chi connectivity index (χ4v) is 3.43. The van der Waals surface area contributed by atoms with Crippen LogP contribution in [0, 0.1) is 0 Å². The largest absolute Gasteiger partial charge is 0.484 e. The number of H-pyrrole nitrogens is 1. The Bertz CT molecular complexity index is 975. The van der Waals surface area contributed by atoms with E-state index < -0.39 is 0 Å². The van der Waals surface area contributed by atoms with E-state index in [1.807, 2.05) is 12.1 Å². The van der Waals surface area contributed by atoms with Gasteiger partial charge in [-0.2, -0.15) is 10.1 Å². The minimum atomic E-state index is -0.0879. The van der Waals surface area contributed by atoms with Crippen molar-refractivity contribution in [1.29, 1.82) is 0 Å². The van der Waals surface area contributed by atoms with Gasteiger partial charge in [-0.3, -0.25) is 9.89 Å². The lowest BCUT2D eigenvalue weighted by atomic mass is 9.95. The number of hydrogen-bond acceptors (Lipinski definition) is 6. The van der Waals surface area contributed by atoms with Crippen LogP contribution in [-0.4, -0.2) is 51.8 Å². The first-order chi connectivity index (χ1) is 14.1. The highest BCUT2D eigenvalue weighted by atomic mass is 16.5. The van der Waals surface area contributed by atoms with E-state index in [-0.39, 0.29) is 12.5 Å². The highest BCUT2D eigenvalue weighted by Gasteiger charge is 2.17. The van der Waals surface area contributed by atoms with Crippen LogP contribution in [0.25, 0.3) is 11.4 Å². The third kappa shape index (κ3) is 4.47. The Morgan fingerprint density at radius 1 is 1.17 bits per heavy atom. The molecule has 0 spiro atoms. The number of rotatable bonds is 7. The lowest BCUT2D eigenvalue weighted by molar-refractivity contribution is -0.130. The maximum absolute atomic E-state index is 11.6. The topological polar surface area (TPSA) is 97.1 Å². The quantitative estimate of drug-likeness (QED) is 0.660. The van der Waals surface area contributed by atoms with Gasteiger partial charge in [0.1, 0.15) is 5.75 Å². The predicted molar refractivity (Wildman–Crippen MR) is 107 cm³/mol. The highest BCUT2D eigenvalue weighted by Crippen LogP contribution is 2.24. The van der Waals surface area contributed by atoms with Crippen LogP contribution in [0.5, 0.6) is 5.75 Å². The van der Waals surface area contributed by atoms with Crippen molar-refractivity contribution in [1.82, 2.24) is 25.2 Å². The number of amides is 1. The van der Waals surface area contributed by atoms with Crippen LogP contribution in [0.15, 0.2) is 28.8 Å². The van der Waals surface area contributed by atoms with Gasteiger partial charge in [-0.15, -0.1) is 0 Å². The van der Waals surface area contributed by atoms with Gasteiger partial charge in [0, 0.05) is 38.2 Å². The Morgan fingerprint density at radius 3 is 2.76 bits per heavy atom. The van der Waals surface area contributed by atoms with Crippen LogP contribution in [0.4, 0.5) is 0 Å². The van der Waals surface area contributed by atoms with Crippen LogP contribution in [0.2, 0.25) is 0 Å². The summed E-state index contributed by atoms with van der Waals surface area (Å²) < 4.78 is 10.9. The summed E-state index contributed by atoms with van der Waals surface area (Å²) in [5.74, 6) is 1.68. The molecule has 0 bridgehead atoms. The average Bonchev–Trinajstić information content (AvgIpc) is 3.38. The lowest BCUT2D eigenvalue weighted by Crippen LogP contribution is -2.27. The molecule has 0 unspecified atom stereocenters. The Balaban J connectivity index is 1.35. The van der Waals surface area contributed by atoms with E-state index in [1.54, 1.807) is 26.2 Å². The molecule has 0 radical (unpaired) electrons. The smallest absolute Gasteiger partial charge is 0.259 e. The molecular formula is C21H25N5O3. The number of fused-ring (bicyclic) bond motifs is 1. The first-order valence-corrected chi connectivity index (χ1v) is 9.91. The van der Waals surface area contributed by atoms with Crippen LogP contribution in [0.3, 0.4) is 0 Å². The molecule has 1 amide bonds. The fourth-order valence-electron chi connectivity index (χ4n) is 3.43. The van der Waals surface area contributed by atoms with E-state index in [0.29, 0.717) is 23.9 Å². The molecule has 2 heterocycles. The number of ether oxygens (including phenoxy) is 1. The molecule has 0 fully saturated rings. The van der Waals surface area contributed by atoms with E-state index in [4.69, 9.17) is 9.26 Å². The Kier molecular flexibility index (Phi) is 5.59. The Hall–Kier alpha value is -3.16. The molecule has 3 aromatic rings. The van der Waals surface area contributed by atoms with Gasteiger partial charge in [-0.1, -0.05) is 5.16 Å². The lowest BCUT2D eigenvalue weighted by Gasteiger charge is -2.11. The van der Waals surface area contributed by atoms with Gasteiger partial charge in [0.05, 0.1) is 5.69 Å². The van der Waals surface area contributed by atoms with E-state index in [2.05, 4.69) is 20.3 Å². The number of carbonyl (C=O) groups is 1. The number of nitrogens with one attached hydrogen (secondary N) is 1. The maximum Gasteiger partial charge on any atom is 0.259 e. The van der Waals surface area contributed by atoms with Crippen LogP contribution in [-0.2, 0) is 30.5 Å². The summed E-state index contributed by atoms with van der Waals surface area (Å²) >= 11 is 0. The number of aryl methyl sites for hydroxylation is 3. The summed E-state index contributed by atoms with van der Waals surface area (Å²) in [4.78, 5) is 17.6. The summed E-state index contributed by atoms with van der Waals surface area (Å²) in [6.45, 7) is 0.00952. The number of aromatic nitrogens is 4. The molecule has 29 heavy (non-hydrogen) atoms. The number of hydrogen-bond donors (Lipinski definition) is 1. The van der Waals surface area contributed by atoms with E-state index in [0.717, 1.165) is 30.5 Å². The second-order valence-corrected chi connectivity index (χ2v) is 7.45. The first-order valence-electron chi connectivity index (χ1n) is 9.91. The molecule has 4 rings (SSSR count). The van der Waals surface area contributed by atoms with Gasteiger partial charge in [-0.05, 0) is 55.5 Å². The molecule has 1 aromatic carbocycles. The van der Waals surface area contributed by atoms with Gasteiger partial charge in [0.15, 0.2) is 6.61 Å². The molecule has 1 aliphatic rings. The molecule has 0 saturated heterocycles. The third-order valence-corrected chi connectivity index (χ3v) is 5.16. The van der Waals surface area contributed by atoms with Gasteiger partial charge >= 0.3 is 0 Å². The van der Waals surface area contributed by atoms with E-state index in [1.165, 1.54) is 29.0 Å². The minimum Gasteiger partial charge on any atom is -0.484 e. The number of likely N-dealkylation sites (N-methyl/N-ethyl adjacent to an activating group) is 1. The zero-order valence-electron chi connectivity index (χ0n) is 16.8. The normalized spacial score (nSPS) is 13.2. The van der Waals surface area contributed by atoms with Crippen LogP contribution in [0.1, 0.15) is 35.7 Å². The van der Waals surface area contributed by atoms with Gasteiger partial charge < -0.3 is 14.2 Å². The van der Waals surface area contributed by atoms with Crippen molar-refractivity contribution < 1.29 is 14.1 Å². The van der Waals surface area contributed by atoms with Crippen LogP contribution < -0.4 is 4.74 Å². The molecule has 8 heteroatoms. The molecule has 8 nitrogen and oxygen atoms in total. The zero-order valence-corrected chi connectivity index (χ0v) is 16.8. The molecule has 0 aliphatic heterocycles. The number of carbonyl (C=O) groups excluding carboxylic acids is 1. The second kappa shape index (κ2) is 8.46. The molecule has 0 saturated carbocycles. The zero-order chi connectivity index (χ0) is 20.2. The van der Waals surface area contributed by atoms with Crippen molar-refractivity contribution >= 4 is 5.91 Å². The Morgan fingerprint density at radius 2 is 1.97 bits per heavy atom. The summed E-state index contributed by atoms with van der Waals surface area (Å²) in [5.41, 5.74) is 4.61. The summed E-state index contributed by atoms with van der Waals surface area (Å²) in [5, 5.41) is 11.7. The van der Waals surface area contributed by atoms with Gasteiger partial charge in [0.25, 0.3) is 5.91 Å². The predicted octanol–water partition coefficient (Wildman–Crippen LogP) is 2.59. The number of aromatic amines is 1. The average molecular weight is 395 g/mol. The molecule has 1 N–H and O–H groups in total. The molecule has 152 valence electrons.